The molecule has 1 fully saturated rings. The topological polar surface area (TPSA) is 30.5 Å². The normalized spacial score (nSPS) is 15.4. The van der Waals surface area contributed by atoms with Gasteiger partial charge in [0.1, 0.15) is 11.5 Å². The summed E-state index contributed by atoms with van der Waals surface area (Å²) in [4.78, 5) is 0. The third-order valence-electron chi connectivity index (χ3n) is 3.92. The third-order valence-corrected chi connectivity index (χ3v) is 3.92. The lowest BCUT2D eigenvalue weighted by molar-refractivity contribution is 0.370. The smallest absolute Gasteiger partial charge is 0.129 e. The maximum atomic E-state index is 5.62. The van der Waals surface area contributed by atoms with Crippen LogP contribution in [-0.4, -0.2) is 26.8 Å². The quantitative estimate of drug-likeness (QED) is 0.855. The fourth-order valence-electron chi connectivity index (χ4n) is 2.47. The van der Waals surface area contributed by atoms with Crippen LogP contribution in [0.1, 0.15) is 37.8 Å². The highest BCUT2D eigenvalue weighted by molar-refractivity contribution is 5.52. The van der Waals surface area contributed by atoms with Crippen LogP contribution in [0.5, 0.6) is 11.5 Å². The highest BCUT2D eigenvalue weighted by Gasteiger charge is 2.29. The van der Waals surface area contributed by atoms with Gasteiger partial charge in [0, 0.05) is 29.1 Å². The molecule has 106 valence electrons. The largest absolute Gasteiger partial charge is 0.496 e. The van der Waals surface area contributed by atoms with E-state index < -0.39 is 0 Å². The van der Waals surface area contributed by atoms with E-state index in [1.54, 1.807) is 14.2 Å². The molecule has 0 unspecified atom stereocenters. The molecule has 3 heteroatoms. The Balaban J connectivity index is 2.28. The maximum absolute atomic E-state index is 5.62. The predicted octanol–water partition coefficient (Wildman–Crippen LogP) is 3.04. The fourth-order valence-corrected chi connectivity index (χ4v) is 2.47. The minimum Gasteiger partial charge on any atom is -0.496 e. The molecule has 0 atom stereocenters. The molecule has 2 rings (SSSR count). The first kappa shape index (κ1) is 14.2. The van der Waals surface area contributed by atoms with E-state index >= 15 is 0 Å². The first-order chi connectivity index (χ1) is 8.99. The van der Waals surface area contributed by atoms with Gasteiger partial charge in [0.15, 0.2) is 0 Å². The van der Waals surface area contributed by atoms with Crippen molar-refractivity contribution in [2.24, 2.45) is 0 Å². The van der Waals surface area contributed by atoms with Gasteiger partial charge >= 0.3 is 0 Å². The van der Waals surface area contributed by atoms with Crippen molar-refractivity contribution in [3.05, 3.63) is 23.3 Å². The molecule has 1 aliphatic rings. The molecule has 0 radical (unpaired) electrons. The molecule has 1 aromatic rings. The number of hydrogen-bond acceptors (Lipinski definition) is 3. The average molecular weight is 263 g/mol. The minimum absolute atomic E-state index is 0.0466. The maximum Gasteiger partial charge on any atom is 0.129 e. The van der Waals surface area contributed by atoms with Crippen LogP contribution >= 0.6 is 0 Å². The summed E-state index contributed by atoms with van der Waals surface area (Å²) in [6, 6.07) is 4.88. The van der Waals surface area contributed by atoms with Gasteiger partial charge in [-0.3, -0.25) is 0 Å². The van der Waals surface area contributed by atoms with E-state index in [1.807, 2.05) is 13.0 Å². The van der Waals surface area contributed by atoms with Gasteiger partial charge in [-0.15, -0.1) is 0 Å². The van der Waals surface area contributed by atoms with E-state index in [0.717, 1.165) is 29.6 Å². The molecule has 1 aromatic carbocycles. The first-order valence-electron chi connectivity index (χ1n) is 6.95. The van der Waals surface area contributed by atoms with E-state index in [2.05, 4.69) is 25.2 Å². The molecule has 0 aromatic heterocycles. The van der Waals surface area contributed by atoms with Gasteiger partial charge in [0.2, 0.25) is 0 Å². The van der Waals surface area contributed by atoms with Crippen molar-refractivity contribution in [2.75, 3.05) is 20.8 Å². The summed E-state index contributed by atoms with van der Waals surface area (Å²) in [5, 5.41) is 3.61. The molecule has 0 amide bonds. The summed E-state index contributed by atoms with van der Waals surface area (Å²) in [7, 11) is 3.43. The molecule has 0 saturated heterocycles. The van der Waals surface area contributed by atoms with E-state index in [0.29, 0.717) is 0 Å². The van der Waals surface area contributed by atoms with Crippen molar-refractivity contribution >= 4 is 0 Å². The van der Waals surface area contributed by atoms with Gasteiger partial charge < -0.3 is 14.8 Å². The van der Waals surface area contributed by atoms with Crippen molar-refractivity contribution in [1.82, 2.24) is 5.32 Å². The van der Waals surface area contributed by atoms with Crippen molar-refractivity contribution in [3.63, 3.8) is 0 Å². The van der Waals surface area contributed by atoms with Crippen LogP contribution in [0.15, 0.2) is 12.1 Å². The van der Waals surface area contributed by atoms with Crippen molar-refractivity contribution in [2.45, 2.75) is 45.1 Å². The summed E-state index contributed by atoms with van der Waals surface area (Å²) in [5.74, 6) is 1.83. The SMILES string of the molecule is COc1ccc(C(C)(C)CNC2CC2)c(OC)c1C. The molecule has 0 heterocycles. The third kappa shape index (κ3) is 3.03. The van der Waals surface area contributed by atoms with Gasteiger partial charge in [0.05, 0.1) is 14.2 Å². The Bertz CT molecular complexity index is 450. The zero-order chi connectivity index (χ0) is 14.0. The molecule has 0 bridgehead atoms. The minimum atomic E-state index is 0.0466. The van der Waals surface area contributed by atoms with E-state index in [-0.39, 0.29) is 5.41 Å². The van der Waals surface area contributed by atoms with Crippen molar-refractivity contribution in [3.8, 4) is 11.5 Å². The number of methoxy groups -OCH3 is 2. The number of benzene rings is 1. The second-order valence-electron chi connectivity index (χ2n) is 6.01. The predicted molar refractivity (Wildman–Crippen MR) is 78.3 cm³/mol. The van der Waals surface area contributed by atoms with Crippen LogP contribution in [0, 0.1) is 6.92 Å². The van der Waals surface area contributed by atoms with Crippen LogP contribution in [0.25, 0.3) is 0 Å². The Labute approximate surface area is 116 Å². The Kier molecular flexibility index (Phi) is 4.04. The van der Waals surface area contributed by atoms with Gasteiger partial charge in [0.25, 0.3) is 0 Å². The van der Waals surface area contributed by atoms with Crippen LogP contribution < -0.4 is 14.8 Å². The lowest BCUT2D eigenvalue weighted by Gasteiger charge is -2.29. The van der Waals surface area contributed by atoms with Gasteiger partial charge in [-0.25, -0.2) is 0 Å². The van der Waals surface area contributed by atoms with Crippen molar-refractivity contribution < 1.29 is 9.47 Å². The van der Waals surface area contributed by atoms with E-state index in [4.69, 9.17) is 9.47 Å². The van der Waals surface area contributed by atoms with Crippen LogP contribution in [0.4, 0.5) is 0 Å². The number of rotatable bonds is 6. The highest BCUT2D eigenvalue weighted by atomic mass is 16.5. The number of ether oxygens (including phenoxy) is 2. The zero-order valence-corrected chi connectivity index (χ0v) is 12.7. The molecule has 3 nitrogen and oxygen atoms in total. The second-order valence-corrected chi connectivity index (χ2v) is 6.01. The molecule has 1 saturated carbocycles. The van der Waals surface area contributed by atoms with Crippen molar-refractivity contribution in [1.29, 1.82) is 0 Å². The van der Waals surface area contributed by atoms with Gasteiger partial charge in [-0.05, 0) is 25.8 Å². The zero-order valence-electron chi connectivity index (χ0n) is 12.7. The molecule has 19 heavy (non-hydrogen) atoms. The monoisotopic (exact) mass is 263 g/mol. The molecule has 0 spiro atoms. The molecule has 0 aliphatic heterocycles. The van der Waals surface area contributed by atoms with Crippen LogP contribution in [-0.2, 0) is 5.41 Å². The molecule has 1 N–H and O–H groups in total. The standard InChI is InChI=1S/C16H25NO2/c1-11-14(18-4)9-8-13(15(11)19-5)16(2,3)10-17-12-6-7-12/h8-9,12,17H,6-7,10H2,1-5H3. The number of nitrogens with one attached hydrogen (secondary N) is 1. The number of hydrogen-bond donors (Lipinski definition) is 1. The lowest BCUT2D eigenvalue weighted by atomic mass is 9.82. The van der Waals surface area contributed by atoms with E-state index in [9.17, 15) is 0 Å². The molecule has 1 aliphatic carbocycles. The molecular weight excluding hydrogens is 238 g/mol. The Morgan fingerprint density at radius 2 is 1.89 bits per heavy atom. The van der Waals surface area contributed by atoms with Gasteiger partial charge in [-0.2, -0.15) is 0 Å². The summed E-state index contributed by atoms with van der Waals surface area (Å²) in [6.45, 7) is 7.53. The first-order valence-corrected chi connectivity index (χ1v) is 6.95. The summed E-state index contributed by atoms with van der Waals surface area (Å²) >= 11 is 0. The summed E-state index contributed by atoms with van der Waals surface area (Å²) in [5.41, 5.74) is 2.36. The second kappa shape index (κ2) is 5.41. The Morgan fingerprint density at radius 1 is 1.21 bits per heavy atom. The van der Waals surface area contributed by atoms with E-state index in [1.165, 1.54) is 18.4 Å². The molecular formula is C16H25NO2. The Morgan fingerprint density at radius 3 is 2.42 bits per heavy atom. The van der Waals surface area contributed by atoms with Crippen LogP contribution in [0.3, 0.4) is 0 Å². The highest BCUT2D eigenvalue weighted by Crippen LogP contribution is 2.38. The summed E-state index contributed by atoms with van der Waals surface area (Å²) in [6.07, 6.45) is 2.63. The Hall–Kier alpha value is -1.22. The van der Waals surface area contributed by atoms with Gasteiger partial charge in [-0.1, -0.05) is 19.9 Å². The summed E-state index contributed by atoms with van der Waals surface area (Å²) < 4.78 is 11.0. The lowest BCUT2D eigenvalue weighted by Crippen LogP contribution is -2.34. The van der Waals surface area contributed by atoms with Crippen LogP contribution in [0.2, 0.25) is 0 Å². The average Bonchev–Trinajstić information content (AvgIpc) is 3.20. The fraction of sp³-hybridized carbons (Fsp3) is 0.625.